The number of rotatable bonds is 8. The van der Waals surface area contributed by atoms with E-state index >= 15 is 0 Å². The first-order valence-corrected chi connectivity index (χ1v) is 13.1. The maximum atomic E-state index is 11.3. The van der Waals surface area contributed by atoms with E-state index in [0.29, 0.717) is 24.4 Å². The van der Waals surface area contributed by atoms with Crippen LogP contribution in [0.15, 0.2) is 36.4 Å². The molecular formula is C28H32N4O2S. The van der Waals surface area contributed by atoms with E-state index in [2.05, 4.69) is 71.0 Å². The summed E-state index contributed by atoms with van der Waals surface area (Å²) in [5.74, 6) is -0.394. The molecule has 35 heavy (non-hydrogen) atoms. The molecule has 0 unspecified atom stereocenters. The summed E-state index contributed by atoms with van der Waals surface area (Å²) in [6, 6.07) is 12.4. The van der Waals surface area contributed by atoms with Crippen molar-refractivity contribution in [2.24, 2.45) is 11.8 Å². The molecule has 7 heteroatoms. The average molecular weight is 489 g/mol. The van der Waals surface area contributed by atoms with Gasteiger partial charge in [-0.05, 0) is 67.4 Å². The second-order valence-corrected chi connectivity index (χ2v) is 10.6. The second kappa shape index (κ2) is 11.1. The van der Waals surface area contributed by atoms with Gasteiger partial charge in [0, 0.05) is 17.7 Å². The van der Waals surface area contributed by atoms with E-state index in [1.54, 1.807) is 11.3 Å². The summed E-state index contributed by atoms with van der Waals surface area (Å²) in [4.78, 5) is 17.4. The molecule has 6 nitrogen and oxygen atoms in total. The highest BCUT2D eigenvalue weighted by Gasteiger charge is 2.25. The number of benzene rings is 2. The van der Waals surface area contributed by atoms with Gasteiger partial charge in [0.15, 0.2) is 5.69 Å². The van der Waals surface area contributed by atoms with E-state index in [-0.39, 0.29) is 5.92 Å². The molecule has 182 valence electrons. The molecule has 0 spiro atoms. The van der Waals surface area contributed by atoms with Crippen molar-refractivity contribution < 1.29 is 9.90 Å². The van der Waals surface area contributed by atoms with Crippen LogP contribution in [-0.4, -0.2) is 39.3 Å². The van der Waals surface area contributed by atoms with Crippen molar-refractivity contribution in [3.63, 3.8) is 0 Å². The van der Waals surface area contributed by atoms with Gasteiger partial charge < -0.3 is 5.11 Å². The van der Waals surface area contributed by atoms with Crippen molar-refractivity contribution >= 4 is 23.0 Å². The maximum absolute atomic E-state index is 11.3. The maximum Gasteiger partial charge on any atom is 0.306 e. The van der Waals surface area contributed by atoms with E-state index < -0.39 is 5.97 Å². The molecule has 1 fully saturated rings. The third kappa shape index (κ3) is 5.77. The summed E-state index contributed by atoms with van der Waals surface area (Å²) in [5, 5.41) is 20.0. The van der Waals surface area contributed by atoms with Gasteiger partial charge in [-0.1, -0.05) is 62.4 Å². The molecule has 1 N–H and O–H groups in total. The second-order valence-electron chi connectivity index (χ2n) is 9.65. The van der Waals surface area contributed by atoms with Crippen LogP contribution < -0.4 is 0 Å². The molecule has 0 radical (unpaired) electrons. The van der Waals surface area contributed by atoms with Crippen molar-refractivity contribution in [3.8, 4) is 21.1 Å². The number of likely N-dealkylation sites (tertiary alicyclic amines) is 1. The highest BCUT2D eigenvalue weighted by atomic mass is 32.1. The lowest BCUT2D eigenvalue weighted by Crippen LogP contribution is -2.36. The van der Waals surface area contributed by atoms with Crippen molar-refractivity contribution in [1.29, 1.82) is 0 Å². The van der Waals surface area contributed by atoms with E-state index in [1.165, 1.54) is 11.1 Å². The molecule has 0 aliphatic carbocycles. The zero-order valence-electron chi connectivity index (χ0n) is 20.6. The Morgan fingerprint density at radius 3 is 2.57 bits per heavy atom. The van der Waals surface area contributed by atoms with E-state index in [0.717, 1.165) is 59.2 Å². The van der Waals surface area contributed by atoms with Crippen LogP contribution in [0, 0.1) is 18.4 Å². The molecule has 4 rings (SSSR count). The minimum absolute atomic E-state index is 0.217. The fourth-order valence-corrected chi connectivity index (χ4v) is 5.73. The summed E-state index contributed by atoms with van der Waals surface area (Å²) in [5.41, 5.74) is 6.35. The fourth-order valence-electron chi connectivity index (χ4n) is 4.84. The summed E-state index contributed by atoms with van der Waals surface area (Å²) < 4.78 is 0. The number of hydrogen-bond donors (Lipinski definition) is 1. The number of carboxylic acid groups (broad SMARTS) is 1. The largest absolute Gasteiger partial charge is 0.481 e. The predicted octanol–water partition coefficient (Wildman–Crippen LogP) is 6.48. The summed E-state index contributed by atoms with van der Waals surface area (Å²) >= 11 is 1.56. The van der Waals surface area contributed by atoms with Crippen LogP contribution >= 0.6 is 11.3 Å². The average Bonchev–Trinajstić information content (AvgIpc) is 3.34. The smallest absolute Gasteiger partial charge is 0.306 e. The van der Waals surface area contributed by atoms with Crippen molar-refractivity contribution in [2.75, 3.05) is 13.1 Å². The first-order chi connectivity index (χ1) is 16.9. The van der Waals surface area contributed by atoms with Crippen molar-refractivity contribution in [3.05, 3.63) is 64.5 Å². The standard InChI is InChI=1S/C28H32N4O2S/c1-5-23-22(17-32-13-11-19(12-14-32)28(33)34)7-6-8-24(23)27-31-30-26(35-27)21-10-9-20(15-18(2)3)25(16-21)29-4/h6-10,16,18-19H,5,11-15,17H2,1-3H3,(H,33,34). The lowest BCUT2D eigenvalue weighted by Gasteiger charge is -2.30. The van der Waals surface area contributed by atoms with E-state index in [1.807, 2.05) is 6.07 Å². The van der Waals surface area contributed by atoms with Gasteiger partial charge in [0.05, 0.1) is 12.5 Å². The molecule has 0 saturated carbocycles. The number of carboxylic acids is 1. The Morgan fingerprint density at radius 1 is 1.17 bits per heavy atom. The SMILES string of the molecule is [C-]#[N+]c1cc(-c2nnc(-c3cccc(CN4CCC(C(=O)O)CC4)c3CC)s2)ccc1CC(C)C. The topological polar surface area (TPSA) is 70.7 Å². The normalized spacial score (nSPS) is 14.8. The van der Waals surface area contributed by atoms with Crippen LogP contribution in [0.4, 0.5) is 5.69 Å². The van der Waals surface area contributed by atoms with Gasteiger partial charge in [-0.3, -0.25) is 9.69 Å². The molecule has 1 aliphatic heterocycles. The van der Waals surface area contributed by atoms with Gasteiger partial charge in [0.25, 0.3) is 0 Å². The van der Waals surface area contributed by atoms with Crippen molar-refractivity contribution in [1.82, 2.24) is 15.1 Å². The lowest BCUT2D eigenvalue weighted by atomic mass is 9.95. The zero-order valence-corrected chi connectivity index (χ0v) is 21.4. The summed E-state index contributed by atoms with van der Waals surface area (Å²) in [6.07, 6.45) is 3.19. The minimum atomic E-state index is -0.675. The Kier molecular flexibility index (Phi) is 7.94. The Balaban J connectivity index is 1.57. The Hall–Kier alpha value is -3.08. The van der Waals surface area contributed by atoms with Crippen molar-refractivity contribution in [2.45, 2.75) is 53.0 Å². The van der Waals surface area contributed by atoms with Crippen LogP contribution in [0.25, 0.3) is 26.0 Å². The number of piperidine rings is 1. The monoisotopic (exact) mass is 488 g/mol. The van der Waals surface area contributed by atoms with E-state index in [9.17, 15) is 9.90 Å². The number of hydrogen-bond acceptors (Lipinski definition) is 5. The number of aromatic nitrogens is 2. The van der Waals surface area contributed by atoms with Gasteiger partial charge >= 0.3 is 5.97 Å². The van der Waals surface area contributed by atoms with Gasteiger partial charge in [-0.2, -0.15) is 0 Å². The summed E-state index contributed by atoms with van der Waals surface area (Å²) in [7, 11) is 0. The lowest BCUT2D eigenvalue weighted by molar-refractivity contribution is -0.143. The van der Waals surface area contributed by atoms with Gasteiger partial charge in [0.1, 0.15) is 10.0 Å². The molecule has 3 aromatic rings. The molecule has 1 aromatic heterocycles. The molecule has 1 aliphatic rings. The fraction of sp³-hybridized carbons (Fsp3) is 0.429. The minimum Gasteiger partial charge on any atom is -0.481 e. The van der Waals surface area contributed by atoms with Crippen LogP contribution in [0.1, 0.15) is 50.3 Å². The Morgan fingerprint density at radius 2 is 1.91 bits per heavy atom. The predicted molar refractivity (Wildman–Crippen MR) is 141 cm³/mol. The van der Waals surface area contributed by atoms with Crippen LogP contribution in [0.5, 0.6) is 0 Å². The highest BCUT2D eigenvalue weighted by molar-refractivity contribution is 7.17. The first kappa shape index (κ1) is 25.0. The highest BCUT2D eigenvalue weighted by Crippen LogP contribution is 2.36. The molecule has 1 saturated heterocycles. The molecule has 0 amide bonds. The van der Waals surface area contributed by atoms with Crippen LogP contribution in [0.2, 0.25) is 0 Å². The number of carbonyl (C=O) groups is 1. The molecule has 2 heterocycles. The van der Waals surface area contributed by atoms with Gasteiger partial charge in [0.2, 0.25) is 0 Å². The van der Waals surface area contributed by atoms with Gasteiger partial charge in [-0.15, -0.1) is 10.2 Å². The number of aliphatic carboxylic acids is 1. The van der Waals surface area contributed by atoms with E-state index in [4.69, 9.17) is 6.57 Å². The Bertz CT molecular complexity index is 1240. The van der Waals surface area contributed by atoms with Gasteiger partial charge in [-0.25, -0.2) is 4.85 Å². The number of nitrogens with zero attached hydrogens (tertiary/aromatic N) is 4. The zero-order chi connectivity index (χ0) is 24.9. The molecular weight excluding hydrogens is 456 g/mol. The molecule has 0 bridgehead atoms. The third-order valence-corrected chi connectivity index (χ3v) is 7.70. The quantitative estimate of drug-likeness (QED) is 0.368. The Labute approximate surface area is 211 Å². The van der Waals surface area contributed by atoms with Crippen LogP contribution in [0.3, 0.4) is 0 Å². The molecule has 2 aromatic carbocycles. The molecule has 0 atom stereocenters. The first-order valence-electron chi connectivity index (χ1n) is 12.3. The third-order valence-electron chi connectivity index (χ3n) is 6.69. The summed E-state index contributed by atoms with van der Waals surface area (Å²) in [6.45, 7) is 16.5. The van der Waals surface area contributed by atoms with Crippen LogP contribution in [-0.2, 0) is 24.2 Å².